The summed E-state index contributed by atoms with van der Waals surface area (Å²) in [6, 6.07) is -0.246. The van der Waals surface area contributed by atoms with Crippen molar-refractivity contribution >= 4 is 17.7 Å². The molecule has 6 heteroatoms. The van der Waals surface area contributed by atoms with Crippen LogP contribution >= 0.6 is 0 Å². The third-order valence-electron chi connectivity index (χ3n) is 1.95. The summed E-state index contributed by atoms with van der Waals surface area (Å²) in [6.45, 7) is 3.06. The summed E-state index contributed by atoms with van der Waals surface area (Å²) in [5, 5.41) is 11.3. The number of hydrogen-bond acceptors (Lipinski definition) is 3. The molecule has 2 N–H and O–H groups in total. The molecule has 0 aromatic carbocycles. The fraction of sp³-hybridized carbons (Fsp3) is 0.500. The van der Waals surface area contributed by atoms with Gasteiger partial charge < -0.3 is 15.3 Å². The van der Waals surface area contributed by atoms with Gasteiger partial charge in [-0.05, 0) is 6.92 Å². The topological polar surface area (TPSA) is 82.0 Å². The Bertz CT molecular complexity index is 288. The van der Waals surface area contributed by atoms with Crippen LogP contribution in [0.15, 0.2) is 4.99 Å². The third-order valence-corrected chi connectivity index (χ3v) is 1.95. The quantitative estimate of drug-likeness (QED) is 0.601. The van der Waals surface area contributed by atoms with E-state index >= 15 is 0 Å². The van der Waals surface area contributed by atoms with Gasteiger partial charge in [-0.1, -0.05) is 0 Å². The van der Waals surface area contributed by atoms with Gasteiger partial charge in [0.05, 0.1) is 12.6 Å². The molecule has 1 amide bonds. The standard InChI is InChI=1S/C8H12N3O3/c1-5-3-10-7(9-2)8(14)11(5)4-6(12)13/h3,5H,4H2,1-2H3,(H,9,10)(H,12,13). The molecule has 0 bridgehead atoms. The zero-order valence-electron chi connectivity index (χ0n) is 8.02. The van der Waals surface area contributed by atoms with Crippen molar-refractivity contribution in [2.24, 2.45) is 4.99 Å². The smallest absolute Gasteiger partial charge is 0.323 e. The number of aliphatic carboxylic acids is 1. The second-order valence-corrected chi connectivity index (χ2v) is 2.95. The minimum Gasteiger partial charge on any atom is -0.480 e. The Labute approximate surface area is 81.6 Å². The molecular weight excluding hydrogens is 186 g/mol. The number of amidine groups is 1. The van der Waals surface area contributed by atoms with E-state index in [1.807, 2.05) is 0 Å². The first-order valence-electron chi connectivity index (χ1n) is 4.15. The lowest BCUT2D eigenvalue weighted by Crippen LogP contribution is -2.55. The van der Waals surface area contributed by atoms with E-state index in [-0.39, 0.29) is 24.3 Å². The number of carbonyl (C=O) groups is 2. The van der Waals surface area contributed by atoms with Gasteiger partial charge >= 0.3 is 5.97 Å². The average molecular weight is 198 g/mol. The van der Waals surface area contributed by atoms with Crippen LogP contribution in [0.1, 0.15) is 6.92 Å². The Balaban J connectivity index is 2.78. The molecule has 1 saturated heterocycles. The average Bonchev–Trinajstić information content (AvgIpc) is 2.12. The minimum absolute atomic E-state index is 0.171. The predicted molar refractivity (Wildman–Crippen MR) is 49.6 cm³/mol. The monoisotopic (exact) mass is 198 g/mol. The first kappa shape index (κ1) is 10.5. The number of piperazine rings is 1. The number of nitrogens with zero attached hydrogens (tertiary/aromatic N) is 2. The normalized spacial score (nSPS) is 25.0. The Morgan fingerprint density at radius 2 is 2.43 bits per heavy atom. The van der Waals surface area contributed by atoms with Crippen LogP contribution < -0.4 is 5.32 Å². The molecule has 0 saturated carbocycles. The summed E-state index contributed by atoms with van der Waals surface area (Å²) in [7, 11) is 1.48. The van der Waals surface area contributed by atoms with E-state index in [1.54, 1.807) is 13.5 Å². The van der Waals surface area contributed by atoms with Crippen molar-refractivity contribution in [3.63, 3.8) is 0 Å². The molecule has 0 aromatic heterocycles. The van der Waals surface area contributed by atoms with Crippen LogP contribution in [0.25, 0.3) is 0 Å². The van der Waals surface area contributed by atoms with Gasteiger partial charge in [-0.2, -0.15) is 0 Å². The van der Waals surface area contributed by atoms with Gasteiger partial charge in [0.2, 0.25) is 0 Å². The zero-order valence-corrected chi connectivity index (χ0v) is 8.02. The van der Waals surface area contributed by atoms with Crippen molar-refractivity contribution in [3.8, 4) is 0 Å². The lowest BCUT2D eigenvalue weighted by molar-refractivity contribution is -0.143. The number of amides is 1. The second-order valence-electron chi connectivity index (χ2n) is 2.95. The van der Waals surface area contributed by atoms with E-state index in [0.29, 0.717) is 0 Å². The first-order chi connectivity index (χ1) is 6.56. The van der Waals surface area contributed by atoms with Crippen LogP contribution in [-0.4, -0.2) is 47.4 Å². The van der Waals surface area contributed by atoms with Crippen molar-refractivity contribution < 1.29 is 14.7 Å². The van der Waals surface area contributed by atoms with Gasteiger partial charge in [-0.15, -0.1) is 0 Å². The highest BCUT2D eigenvalue weighted by atomic mass is 16.4. The molecule has 1 aliphatic rings. The van der Waals surface area contributed by atoms with Crippen molar-refractivity contribution in [3.05, 3.63) is 6.54 Å². The lowest BCUT2D eigenvalue weighted by atomic mass is 10.2. The molecule has 1 rings (SSSR count). The Kier molecular flexibility index (Phi) is 3.06. The largest absolute Gasteiger partial charge is 0.480 e. The van der Waals surface area contributed by atoms with E-state index in [2.05, 4.69) is 10.3 Å². The lowest BCUT2D eigenvalue weighted by Gasteiger charge is -2.32. The van der Waals surface area contributed by atoms with Gasteiger partial charge in [0.1, 0.15) is 6.54 Å². The van der Waals surface area contributed by atoms with E-state index < -0.39 is 5.97 Å². The van der Waals surface area contributed by atoms with Crippen LogP contribution in [0.5, 0.6) is 0 Å². The van der Waals surface area contributed by atoms with Crippen molar-refractivity contribution in [1.82, 2.24) is 10.2 Å². The van der Waals surface area contributed by atoms with Crippen molar-refractivity contribution in [1.29, 1.82) is 0 Å². The van der Waals surface area contributed by atoms with E-state index in [0.717, 1.165) is 0 Å². The molecule has 0 spiro atoms. The van der Waals surface area contributed by atoms with Gasteiger partial charge in [0, 0.05) is 7.05 Å². The minimum atomic E-state index is -1.03. The van der Waals surface area contributed by atoms with Crippen molar-refractivity contribution in [2.75, 3.05) is 13.6 Å². The Hall–Kier alpha value is -1.59. The maximum absolute atomic E-state index is 11.6. The Morgan fingerprint density at radius 1 is 1.79 bits per heavy atom. The third kappa shape index (κ3) is 2.01. The summed E-state index contributed by atoms with van der Waals surface area (Å²) in [5.41, 5.74) is 0. The molecule has 1 heterocycles. The fourth-order valence-electron chi connectivity index (χ4n) is 1.19. The van der Waals surface area contributed by atoms with E-state index in [1.165, 1.54) is 11.9 Å². The van der Waals surface area contributed by atoms with Crippen LogP contribution in [0.4, 0.5) is 0 Å². The summed E-state index contributed by atoms with van der Waals surface area (Å²) < 4.78 is 0. The number of carbonyl (C=O) groups excluding carboxylic acids is 1. The molecule has 0 aromatic rings. The summed E-state index contributed by atoms with van der Waals surface area (Å²) in [5.74, 6) is -1.25. The van der Waals surface area contributed by atoms with Crippen molar-refractivity contribution in [2.45, 2.75) is 13.0 Å². The SMILES string of the molecule is CN=C1N[CH]C(C)N(CC(=O)O)C1=O. The Morgan fingerprint density at radius 3 is 2.93 bits per heavy atom. The maximum Gasteiger partial charge on any atom is 0.323 e. The van der Waals surface area contributed by atoms with Crippen LogP contribution in [0, 0.1) is 6.54 Å². The molecule has 14 heavy (non-hydrogen) atoms. The van der Waals surface area contributed by atoms with Crippen LogP contribution in [0.3, 0.4) is 0 Å². The number of carboxylic acid groups (broad SMARTS) is 1. The van der Waals surface area contributed by atoms with Crippen LogP contribution in [0.2, 0.25) is 0 Å². The fourth-order valence-corrected chi connectivity index (χ4v) is 1.19. The zero-order chi connectivity index (χ0) is 10.7. The second kappa shape index (κ2) is 4.08. The number of rotatable bonds is 2. The summed E-state index contributed by atoms with van der Waals surface area (Å²) in [6.07, 6.45) is 0. The van der Waals surface area contributed by atoms with Crippen LogP contribution in [-0.2, 0) is 9.59 Å². The molecule has 1 fully saturated rings. The molecule has 1 unspecified atom stereocenters. The summed E-state index contributed by atoms with van der Waals surface area (Å²) >= 11 is 0. The number of carboxylic acids is 1. The van der Waals surface area contributed by atoms with E-state index in [4.69, 9.17) is 5.11 Å². The van der Waals surface area contributed by atoms with Gasteiger partial charge in [0.25, 0.3) is 5.91 Å². The molecule has 1 atom stereocenters. The number of hydrogen-bond donors (Lipinski definition) is 2. The van der Waals surface area contributed by atoms with Gasteiger partial charge in [-0.25, -0.2) is 0 Å². The first-order valence-corrected chi connectivity index (χ1v) is 4.15. The molecule has 1 radical (unpaired) electrons. The van der Waals surface area contributed by atoms with Gasteiger partial charge in [-0.3, -0.25) is 14.6 Å². The number of nitrogens with one attached hydrogen (secondary N) is 1. The molecule has 6 nitrogen and oxygen atoms in total. The predicted octanol–water partition coefficient (Wildman–Crippen LogP) is -0.919. The van der Waals surface area contributed by atoms with Gasteiger partial charge in [0.15, 0.2) is 5.84 Å². The number of aliphatic imine (C=N–C) groups is 1. The highest BCUT2D eigenvalue weighted by Gasteiger charge is 2.30. The highest BCUT2D eigenvalue weighted by molar-refractivity contribution is 6.38. The molecule has 0 aliphatic carbocycles. The molecule has 77 valence electrons. The molecule has 1 aliphatic heterocycles. The van der Waals surface area contributed by atoms with E-state index in [9.17, 15) is 9.59 Å². The highest BCUT2D eigenvalue weighted by Crippen LogP contribution is 2.07. The maximum atomic E-state index is 11.6. The molecular formula is C8H12N3O3. The summed E-state index contributed by atoms with van der Waals surface area (Å²) in [4.78, 5) is 27.0.